The second-order valence-electron chi connectivity index (χ2n) is 4.39. The minimum absolute atomic E-state index is 0.608. The molecule has 0 bridgehead atoms. The Morgan fingerprint density at radius 1 is 1.05 bits per heavy atom. The molecule has 0 saturated carbocycles. The number of fused-ring (bicyclic) bond motifs is 1. The van der Waals surface area contributed by atoms with Crippen molar-refractivity contribution in [2.75, 3.05) is 12.8 Å². The Kier molecular flexibility index (Phi) is 3.39. The molecule has 0 radical (unpaired) electrons. The zero-order chi connectivity index (χ0) is 13.9. The van der Waals surface area contributed by atoms with Gasteiger partial charge in [0.15, 0.2) is 5.13 Å². The molecule has 100 valence electrons. The van der Waals surface area contributed by atoms with Gasteiger partial charge in [-0.25, -0.2) is 4.98 Å². The highest BCUT2D eigenvalue weighted by Gasteiger charge is 2.00. The highest BCUT2D eigenvalue weighted by molar-refractivity contribution is 7.22. The Labute approximate surface area is 121 Å². The summed E-state index contributed by atoms with van der Waals surface area (Å²) < 4.78 is 6.25. The predicted octanol–water partition coefficient (Wildman–Crippen LogP) is 4.06. The molecule has 3 rings (SSSR count). The number of nitrogens with zero attached hydrogens (tertiary/aromatic N) is 1. The Hall–Kier alpha value is -2.33. The molecule has 0 aliphatic heterocycles. The molecule has 0 spiro atoms. The van der Waals surface area contributed by atoms with E-state index < -0.39 is 0 Å². The van der Waals surface area contributed by atoms with Gasteiger partial charge in [-0.2, -0.15) is 0 Å². The Bertz CT molecular complexity index is 760. The Morgan fingerprint density at radius 2 is 1.75 bits per heavy atom. The van der Waals surface area contributed by atoms with Gasteiger partial charge in [0.1, 0.15) is 5.75 Å². The summed E-state index contributed by atoms with van der Waals surface area (Å²) in [5, 5.41) is 0.608. The summed E-state index contributed by atoms with van der Waals surface area (Å²) in [7, 11) is 1.67. The third-order valence-corrected chi connectivity index (χ3v) is 3.86. The number of nitrogen functional groups attached to an aromatic ring is 1. The van der Waals surface area contributed by atoms with Crippen LogP contribution in [0.5, 0.6) is 5.75 Å². The number of methoxy groups -OCH3 is 1. The third-order valence-electron chi connectivity index (χ3n) is 3.01. The molecule has 2 N–H and O–H groups in total. The minimum Gasteiger partial charge on any atom is -0.497 e. The smallest absolute Gasteiger partial charge is 0.181 e. The lowest BCUT2D eigenvalue weighted by molar-refractivity contribution is 0.415. The van der Waals surface area contributed by atoms with Crippen molar-refractivity contribution in [2.45, 2.75) is 0 Å². The van der Waals surface area contributed by atoms with Gasteiger partial charge in [0.25, 0.3) is 0 Å². The Balaban J connectivity index is 1.85. The van der Waals surface area contributed by atoms with Gasteiger partial charge in [-0.15, -0.1) is 0 Å². The van der Waals surface area contributed by atoms with E-state index in [0.29, 0.717) is 5.13 Å². The topological polar surface area (TPSA) is 48.1 Å². The lowest BCUT2D eigenvalue weighted by Crippen LogP contribution is -1.81. The molecule has 4 heteroatoms. The zero-order valence-electron chi connectivity index (χ0n) is 11.0. The molecule has 0 fully saturated rings. The van der Waals surface area contributed by atoms with Crippen LogP contribution in [0.2, 0.25) is 0 Å². The van der Waals surface area contributed by atoms with Crippen molar-refractivity contribution in [3.05, 3.63) is 53.6 Å². The number of hydrogen-bond acceptors (Lipinski definition) is 4. The van der Waals surface area contributed by atoms with Crippen LogP contribution in [0.25, 0.3) is 22.4 Å². The van der Waals surface area contributed by atoms with E-state index in [4.69, 9.17) is 10.5 Å². The first-order chi connectivity index (χ1) is 9.74. The van der Waals surface area contributed by atoms with E-state index in [-0.39, 0.29) is 0 Å². The maximum absolute atomic E-state index is 5.71. The van der Waals surface area contributed by atoms with Crippen molar-refractivity contribution in [2.24, 2.45) is 0 Å². The van der Waals surface area contributed by atoms with E-state index in [1.54, 1.807) is 7.11 Å². The van der Waals surface area contributed by atoms with Crippen molar-refractivity contribution < 1.29 is 4.74 Å². The summed E-state index contributed by atoms with van der Waals surface area (Å²) in [6.07, 6.45) is 4.15. The average Bonchev–Trinajstić information content (AvgIpc) is 2.85. The number of aromatic nitrogens is 1. The average molecular weight is 282 g/mol. The van der Waals surface area contributed by atoms with Gasteiger partial charge < -0.3 is 10.5 Å². The van der Waals surface area contributed by atoms with Gasteiger partial charge in [-0.05, 0) is 35.4 Å². The molecule has 3 nitrogen and oxygen atoms in total. The number of benzene rings is 2. The molecule has 1 aromatic heterocycles. The minimum atomic E-state index is 0.608. The SMILES string of the molecule is COc1ccc(/C=C/c2ccc3nc(N)sc3c2)cc1. The maximum atomic E-state index is 5.71. The normalized spacial score (nSPS) is 11.2. The molecule has 0 unspecified atom stereocenters. The van der Waals surface area contributed by atoms with Crippen LogP contribution < -0.4 is 10.5 Å². The molecule has 0 aliphatic carbocycles. The first kappa shape index (κ1) is 12.7. The van der Waals surface area contributed by atoms with Crippen LogP contribution in [0, 0.1) is 0 Å². The number of anilines is 1. The summed E-state index contributed by atoms with van der Waals surface area (Å²) in [6, 6.07) is 14.1. The molecular formula is C16H14N2OS. The summed E-state index contributed by atoms with van der Waals surface area (Å²) >= 11 is 1.51. The van der Waals surface area contributed by atoms with Crippen LogP contribution in [0.3, 0.4) is 0 Å². The molecule has 2 aromatic carbocycles. The fourth-order valence-electron chi connectivity index (χ4n) is 1.97. The molecular weight excluding hydrogens is 268 g/mol. The van der Waals surface area contributed by atoms with Crippen molar-refractivity contribution in [1.82, 2.24) is 4.98 Å². The molecule has 1 heterocycles. The van der Waals surface area contributed by atoms with Crippen molar-refractivity contribution in [3.8, 4) is 5.75 Å². The number of thiazole rings is 1. The van der Waals surface area contributed by atoms with Crippen LogP contribution >= 0.6 is 11.3 Å². The van der Waals surface area contributed by atoms with Gasteiger partial charge in [0.05, 0.1) is 17.3 Å². The molecule has 20 heavy (non-hydrogen) atoms. The quantitative estimate of drug-likeness (QED) is 0.737. The van der Waals surface area contributed by atoms with Gasteiger partial charge >= 0.3 is 0 Å². The van der Waals surface area contributed by atoms with Crippen LogP contribution in [-0.2, 0) is 0 Å². The number of rotatable bonds is 3. The van der Waals surface area contributed by atoms with Crippen LogP contribution in [0.1, 0.15) is 11.1 Å². The molecule has 3 aromatic rings. The third kappa shape index (κ3) is 2.65. The van der Waals surface area contributed by atoms with Gasteiger partial charge in [0.2, 0.25) is 0 Å². The Morgan fingerprint density at radius 3 is 2.50 bits per heavy atom. The highest BCUT2D eigenvalue weighted by Crippen LogP contribution is 2.25. The first-order valence-corrected chi connectivity index (χ1v) is 7.04. The number of ether oxygens (including phenoxy) is 1. The first-order valence-electron chi connectivity index (χ1n) is 6.23. The summed E-state index contributed by atoms with van der Waals surface area (Å²) in [5.41, 5.74) is 8.93. The zero-order valence-corrected chi connectivity index (χ0v) is 11.9. The van der Waals surface area contributed by atoms with E-state index in [0.717, 1.165) is 27.1 Å². The second kappa shape index (κ2) is 5.35. The molecule has 0 atom stereocenters. The van der Waals surface area contributed by atoms with Gasteiger partial charge in [-0.3, -0.25) is 0 Å². The molecule has 0 aliphatic rings. The maximum Gasteiger partial charge on any atom is 0.181 e. The molecule has 0 saturated heterocycles. The monoisotopic (exact) mass is 282 g/mol. The van der Waals surface area contributed by atoms with E-state index in [1.807, 2.05) is 36.4 Å². The largest absolute Gasteiger partial charge is 0.497 e. The van der Waals surface area contributed by atoms with E-state index in [9.17, 15) is 0 Å². The van der Waals surface area contributed by atoms with Crippen LogP contribution in [-0.4, -0.2) is 12.1 Å². The van der Waals surface area contributed by atoms with Crippen molar-refractivity contribution in [3.63, 3.8) is 0 Å². The van der Waals surface area contributed by atoms with Gasteiger partial charge in [-0.1, -0.05) is 41.7 Å². The fourth-order valence-corrected chi connectivity index (χ4v) is 2.75. The number of hydrogen-bond donors (Lipinski definition) is 1. The van der Waals surface area contributed by atoms with Crippen molar-refractivity contribution >= 4 is 38.8 Å². The van der Waals surface area contributed by atoms with Crippen LogP contribution in [0.15, 0.2) is 42.5 Å². The fraction of sp³-hybridized carbons (Fsp3) is 0.0625. The summed E-state index contributed by atoms with van der Waals surface area (Å²) in [6.45, 7) is 0. The van der Waals surface area contributed by atoms with Crippen LogP contribution in [0.4, 0.5) is 5.13 Å². The standard InChI is InChI=1S/C16H14N2OS/c1-19-13-7-4-11(5-8-13)2-3-12-6-9-14-15(10-12)20-16(17)18-14/h2-10H,1H3,(H2,17,18)/b3-2+. The lowest BCUT2D eigenvalue weighted by atomic mass is 10.1. The predicted molar refractivity (Wildman–Crippen MR) is 86.0 cm³/mol. The van der Waals surface area contributed by atoms with Crippen molar-refractivity contribution in [1.29, 1.82) is 0 Å². The lowest BCUT2D eigenvalue weighted by Gasteiger charge is -1.99. The molecule has 0 amide bonds. The van der Waals surface area contributed by atoms with E-state index >= 15 is 0 Å². The summed E-state index contributed by atoms with van der Waals surface area (Å²) in [4.78, 5) is 4.25. The summed E-state index contributed by atoms with van der Waals surface area (Å²) in [5.74, 6) is 0.865. The van der Waals surface area contributed by atoms with Gasteiger partial charge in [0, 0.05) is 0 Å². The highest BCUT2D eigenvalue weighted by atomic mass is 32.1. The van der Waals surface area contributed by atoms with E-state index in [2.05, 4.69) is 23.2 Å². The second-order valence-corrected chi connectivity index (χ2v) is 5.45. The number of nitrogens with two attached hydrogens (primary N) is 1. The van der Waals surface area contributed by atoms with E-state index in [1.165, 1.54) is 11.3 Å².